The lowest BCUT2D eigenvalue weighted by Gasteiger charge is -2.06. The monoisotopic (exact) mass is 331 g/mol. The van der Waals surface area contributed by atoms with Crippen molar-refractivity contribution in [2.45, 2.75) is 13.5 Å². The van der Waals surface area contributed by atoms with Gasteiger partial charge in [0.2, 0.25) is 0 Å². The second kappa shape index (κ2) is 7.73. The topological polar surface area (TPSA) is 105 Å². The smallest absolute Gasteiger partial charge is 0.429 e. The van der Waals surface area contributed by atoms with Gasteiger partial charge in [0.25, 0.3) is 5.69 Å². The van der Waals surface area contributed by atoms with E-state index in [0.717, 1.165) is 0 Å². The minimum Gasteiger partial charge on any atom is -0.429 e. The van der Waals surface area contributed by atoms with Crippen LogP contribution in [0.5, 0.6) is 11.5 Å². The number of benzene rings is 2. The van der Waals surface area contributed by atoms with Crippen LogP contribution in [0.4, 0.5) is 10.5 Å². The normalized spacial score (nSPS) is 9.88. The summed E-state index contributed by atoms with van der Waals surface area (Å²) in [6, 6.07) is 11.5. The first-order valence-electron chi connectivity index (χ1n) is 6.80. The minimum absolute atomic E-state index is 0.0355. The van der Waals surface area contributed by atoms with Crippen molar-refractivity contribution in [3.8, 4) is 11.5 Å². The van der Waals surface area contributed by atoms with Crippen LogP contribution in [0.2, 0.25) is 0 Å². The standard InChI is InChI=1S/C16H13NO7/c1-11(18)23-14-6-2-12(3-7-14)10-22-16(19)24-15-8-4-13(5-9-15)17(20)21/h2-9H,10H2,1H3. The lowest BCUT2D eigenvalue weighted by atomic mass is 10.2. The van der Waals surface area contributed by atoms with Crippen molar-refractivity contribution in [1.29, 1.82) is 0 Å². The van der Waals surface area contributed by atoms with Gasteiger partial charge in [-0.2, -0.15) is 0 Å². The Morgan fingerprint density at radius 2 is 1.50 bits per heavy atom. The first kappa shape index (κ1) is 16.9. The van der Waals surface area contributed by atoms with E-state index >= 15 is 0 Å². The van der Waals surface area contributed by atoms with Crippen LogP contribution in [0, 0.1) is 10.1 Å². The quantitative estimate of drug-likeness (QED) is 0.272. The van der Waals surface area contributed by atoms with Crippen LogP contribution in [-0.2, 0) is 16.1 Å². The fourth-order valence-corrected chi connectivity index (χ4v) is 1.72. The van der Waals surface area contributed by atoms with Crippen LogP contribution < -0.4 is 9.47 Å². The maximum Gasteiger partial charge on any atom is 0.514 e. The molecule has 0 saturated heterocycles. The summed E-state index contributed by atoms with van der Waals surface area (Å²) in [5.74, 6) is 0.0983. The maximum absolute atomic E-state index is 11.6. The molecule has 0 bridgehead atoms. The average molecular weight is 331 g/mol. The number of esters is 1. The summed E-state index contributed by atoms with van der Waals surface area (Å²) in [5.41, 5.74) is 0.565. The number of nitro benzene ring substituents is 1. The molecule has 124 valence electrons. The zero-order valence-corrected chi connectivity index (χ0v) is 12.6. The highest BCUT2D eigenvalue weighted by Gasteiger charge is 2.09. The molecule has 0 spiro atoms. The van der Waals surface area contributed by atoms with Gasteiger partial charge in [0.1, 0.15) is 18.1 Å². The Kier molecular flexibility index (Phi) is 5.45. The SMILES string of the molecule is CC(=O)Oc1ccc(COC(=O)Oc2ccc([N+](=O)[O-])cc2)cc1. The van der Waals surface area contributed by atoms with Crippen LogP contribution in [0.3, 0.4) is 0 Å². The first-order chi connectivity index (χ1) is 11.4. The molecule has 0 unspecified atom stereocenters. The summed E-state index contributed by atoms with van der Waals surface area (Å²) in [7, 11) is 0. The van der Waals surface area contributed by atoms with Gasteiger partial charge < -0.3 is 14.2 Å². The molecular formula is C16H13NO7. The van der Waals surface area contributed by atoms with Gasteiger partial charge in [-0.25, -0.2) is 4.79 Å². The molecule has 0 amide bonds. The summed E-state index contributed by atoms with van der Waals surface area (Å²) in [5, 5.41) is 10.5. The maximum atomic E-state index is 11.6. The third-order valence-electron chi connectivity index (χ3n) is 2.79. The van der Waals surface area contributed by atoms with Crippen LogP contribution in [0.15, 0.2) is 48.5 Å². The summed E-state index contributed by atoms with van der Waals surface area (Å²) in [6.45, 7) is 1.26. The van der Waals surface area contributed by atoms with Gasteiger partial charge in [0.05, 0.1) is 4.92 Å². The summed E-state index contributed by atoms with van der Waals surface area (Å²) < 4.78 is 14.7. The highest BCUT2D eigenvalue weighted by Crippen LogP contribution is 2.18. The number of nitro groups is 1. The van der Waals surface area contributed by atoms with Crippen LogP contribution >= 0.6 is 0 Å². The Bertz CT molecular complexity index is 738. The number of carbonyl (C=O) groups excluding carboxylic acids is 2. The molecule has 2 rings (SSSR count). The zero-order chi connectivity index (χ0) is 17.5. The van der Waals surface area contributed by atoms with Gasteiger partial charge in [0.15, 0.2) is 0 Å². The average Bonchev–Trinajstić information content (AvgIpc) is 2.54. The number of non-ortho nitro benzene ring substituents is 1. The molecule has 8 heteroatoms. The van der Waals surface area contributed by atoms with Crippen LogP contribution in [0.1, 0.15) is 12.5 Å². The van der Waals surface area contributed by atoms with E-state index in [1.165, 1.54) is 31.2 Å². The van der Waals surface area contributed by atoms with E-state index < -0.39 is 17.0 Å². The first-order valence-corrected chi connectivity index (χ1v) is 6.80. The van der Waals surface area contributed by atoms with Gasteiger partial charge >= 0.3 is 12.1 Å². The number of hydrogen-bond acceptors (Lipinski definition) is 7. The Hall–Kier alpha value is -3.42. The fourth-order valence-electron chi connectivity index (χ4n) is 1.72. The summed E-state index contributed by atoms with van der Waals surface area (Å²) in [4.78, 5) is 32.3. The van der Waals surface area contributed by atoms with E-state index in [1.54, 1.807) is 24.3 Å². The Morgan fingerprint density at radius 1 is 0.958 bits per heavy atom. The molecule has 0 N–H and O–H groups in total. The molecule has 24 heavy (non-hydrogen) atoms. The third kappa shape index (κ3) is 5.09. The molecule has 0 fully saturated rings. The molecule has 8 nitrogen and oxygen atoms in total. The number of hydrogen-bond donors (Lipinski definition) is 0. The van der Waals surface area contributed by atoms with Crippen molar-refractivity contribution in [2.24, 2.45) is 0 Å². The lowest BCUT2D eigenvalue weighted by Crippen LogP contribution is -2.10. The Morgan fingerprint density at radius 3 is 2.04 bits per heavy atom. The molecule has 2 aromatic carbocycles. The largest absolute Gasteiger partial charge is 0.514 e. The van der Waals surface area contributed by atoms with Crippen LogP contribution in [-0.4, -0.2) is 17.0 Å². The Labute approximate surface area is 136 Å². The van der Waals surface area contributed by atoms with Crippen molar-refractivity contribution in [2.75, 3.05) is 0 Å². The molecule has 0 radical (unpaired) electrons. The highest BCUT2D eigenvalue weighted by molar-refractivity contribution is 5.69. The zero-order valence-electron chi connectivity index (χ0n) is 12.6. The minimum atomic E-state index is -0.937. The molecule has 0 aliphatic rings. The molecule has 0 aromatic heterocycles. The summed E-state index contributed by atoms with van der Waals surface area (Å²) in [6.07, 6.45) is -0.937. The van der Waals surface area contributed by atoms with E-state index in [2.05, 4.69) is 0 Å². The van der Waals surface area contributed by atoms with Gasteiger partial charge in [-0.15, -0.1) is 0 Å². The van der Waals surface area contributed by atoms with Crippen molar-refractivity contribution >= 4 is 17.8 Å². The molecule has 0 atom stereocenters. The van der Waals surface area contributed by atoms with Crippen molar-refractivity contribution in [1.82, 2.24) is 0 Å². The summed E-state index contributed by atoms with van der Waals surface area (Å²) >= 11 is 0. The number of nitrogens with zero attached hydrogens (tertiary/aromatic N) is 1. The predicted octanol–water partition coefficient (Wildman–Crippen LogP) is 3.24. The molecular weight excluding hydrogens is 318 g/mol. The third-order valence-corrected chi connectivity index (χ3v) is 2.79. The number of carbonyl (C=O) groups is 2. The van der Waals surface area contributed by atoms with Crippen molar-refractivity contribution < 1.29 is 28.7 Å². The second-order valence-electron chi connectivity index (χ2n) is 4.63. The van der Waals surface area contributed by atoms with E-state index in [4.69, 9.17) is 14.2 Å². The van der Waals surface area contributed by atoms with Crippen molar-refractivity contribution in [3.63, 3.8) is 0 Å². The Balaban J connectivity index is 1.84. The van der Waals surface area contributed by atoms with Gasteiger partial charge in [-0.05, 0) is 29.8 Å². The number of rotatable bonds is 5. The molecule has 0 aliphatic heterocycles. The van der Waals surface area contributed by atoms with E-state index in [1.807, 2.05) is 0 Å². The van der Waals surface area contributed by atoms with E-state index in [0.29, 0.717) is 11.3 Å². The van der Waals surface area contributed by atoms with Crippen LogP contribution in [0.25, 0.3) is 0 Å². The molecule has 0 heterocycles. The number of ether oxygens (including phenoxy) is 3. The van der Waals surface area contributed by atoms with Gasteiger partial charge in [-0.3, -0.25) is 14.9 Å². The highest BCUT2D eigenvalue weighted by atomic mass is 16.7. The van der Waals surface area contributed by atoms with E-state index in [-0.39, 0.29) is 18.0 Å². The molecule has 2 aromatic rings. The predicted molar refractivity (Wildman–Crippen MR) is 81.7 cm³/mol. The molecule has 0 aliphatic carbocycles. The second-order valence-corrected chi connectivity index (χ2v) is 4.63. The van der Waals surface area contributed by atoms with Gasteiger partial charge in [-0.1, -0.05) is 12.1 Å². The van der Waals surface area contributed by atoms with E-state index in [9.17, 15) is 19.7 Å². The van der Waals surface area contributed by atoms with Crippen molar-refractivity contribution in [3.05, 3.63) is 64.2 Å². The lowest BCUT2D eigenvalue weighted by molar-refractivity contribution is -0.384. The fraction of sp³-hybridized carbons (Fsp3) is 0.125. The van der Waals surface area contributed by atoms with Gasteiger partial charge in [0, 0.05) is 19.1 Å². The molecule has 0 saturated carbocycles.